The van der Waals surface area contributed by atoms with Crippen LogP contribution >= 0.6 is 11.6 Å². The van der Waals surface area contributed by atoms with Crippen molar-refractivity contribution in [3.8, 4) is 0 Å². The molecule has 1 aromatic heterocycles. The van der Waals surface area contributed by atoms with Gasteiger partial charge in [0, 0.05) is 43.3 Å². The molecule has 1 saturated heterocycles. The Morgan fingerprint density at radius 1 is 1.07 bits per heavy atom. The molecule has 0 N–H and O–H groups in total. The normalized spacial score (nSPS) is 16.0. The molecular weight excluding hydrogens is 400 g/mol. The minimum absolute atomic E-state index is 0.00139. The molecule has 3 aromatic rings. The van der Waals surface area contributed by atoms with E-state index in [0.29, 0.717) is 35.6 Å². The number of amides is 1. The maximum absolute atomic E-state index is 12.9. The summed E-state index contributed by atoms with van der Waals surface area (Å²) in [7, 11) is 0. The number of para-hydroxylation sites is 1. The summed E-state index contributed by atoms with van der Waals surface area (Å²) in [6, 6.07) is 14.5. The molecule has 2 aromatic carbocycles. The zero-order valence-corrected chi connectivity index (χ0v) is 18.0. The number of hydrogen-bond donors (Lipinski definition) is 0. The van der Waals surface area contributed by atoms with Gasteiger partial charge in [0.2, 0.25) is 0 Å². The Morgan fingerprint density at radius 2 is 1.73 bits per heavy atom. The van der Waals surface area contributed by atoms with Crippen LogP contribution in [0.5, 0.6) is 0 Å². The first-order valence-electron chi connectivity index (χ1n) is 10.3. The van der Waals surface area contributed by atoms with Crippen molar-refractivity contribution in [1.29, 1.82) is 0 Å². The minimum atomic E-state index is -0.0185. The second kappa shape index (κ2) is 8.58. The lowest BCUT2D eigenvalue weighted by Gasteiger charge is -2.38. The average Bonchev–Trinajstić information content (AvgIpc) is 2.78. The zero-order valence-electron chi connectivity index (χ0n) is 17.2. The molecule has 1 aliphatic heterocycles. The van der Waals surface area contributed by atoms with Crippen LogP contribution in [-0.2, 0) is 6.54 Å². The van der Waals surface area contributed by atoms with Crippen molar-refractivity contribution in [2.45, 2.75) is 26.4 Å². The van der Waals surface area contributed by atoms with E-state index in [9.17, 15) is 9.59 Å². The van der Waals surface area contributed by atoms with Gasteiger partial charge in [0.1, 0.15) is 5.82 Å². The second-order valence-corrected chi connectivity index (χ2v) is 7.98. The molecule has 30 heavy (non-hydrogen) atoms. The van der Waals surface area contributed by atoms with Crippen LogP contribution in [-0.4, -0.2) is 51.4 Å². The van der Waals surface area contributed by atoms with Gasteiger partial charge in [-0.25, -0.2) is 4.98 Å². The smallest absolute Gasteiger partial charge is 0.261 e. The number of aromatic nitrogens is 2. The number of rotatable bonds is 4. The van der Waals surface area contributed by atoms with E-state index in [0.717, 1.165) is 24.4 Å². The van der Waals surface area contributed by atoms with Crippen LogP contribution < -0.4 is 5.56 Å². The summed E-state index contributed by atoms with van der Waals surface area (Å²) in [4.78, 5) is 34.7. The van der Waals surface area contributed by atoms with Crippen molar-refractivity contribution in [1.82, 2.24) is 19.4 Å². The van der Waals surface area contributed by atoms with Gasteiger partial charge in [-0.15, -0.1) is 0 Å². The molecule has 0 bridgehead atoms. The Balaban J connectivity index is 1.52. The van der Waals surface area contributed by atoms with E-state index in [1.807, 2.05) is 36.1 Å². The number of hydrogen-bond acceptors (Lipinski definition) is 4. The van der Waals surface area contributed by atoms with Crippen molar-refractivity contribution in [2.24, 2.45) is 0 Å². The maximum atomic E-state index is 12.9. The van der Waals surface area contributed by atoms with Crippen LogP contribution in [0, 0.1) is 0 Å². The summed E-state index contributed by atoms with van der Waals surface area (Å²) in [5.74, 6) is 0.798. The number of nitrogens with zero attached hydrogens (tertiary/aromatic N) is 4. The Labute approximate surface area is 180 Å². The molecule has 7 heteroatoms. The number of fused-ring (bicyclic) bond motifs is 1. The summed E-state index contributed by atoms with van der Waals surface area (Å²) in [5.41, 5.74) is 1.38. The van der Waals surface area contributed by atoms with Gasteiger partial charge in [-0.3, -0.25) is 19.1 Å². The van der Waals surface area contributed by atoms with Gasteiger partial charge in [0.05, 0.1) is 16.9 Å². The topological polar surface area (TPSA) is 58.4 Å². The molecule has 1 aliphatic rings. The van der Waals surface area contributed by atoms with Crippen LogP contribution in [0.4, 0.5) is 0 Å². The molecule has 2 heterocycles. The molecule has 1 amide bonds. The number of benzene rings is 2. The first-order chi connectivity index (χ1) is 14.5. The summed E-state index contributed by atoms with van der Waals surface area (Å²) in [6.07, 6.45) is 0. The van der Waals surface area contributed by atoms with Gasteiger partial charge in [0.15, 0.2) is 0 Å². The van der Waals surface area contributed by atoms with Crippen LogP contribution in [0.15, 0.2) is 53.3 Å². The Kier molecular flexibility index (Phi) is 5.88. The van der Waals surface area contributed by atoms with Crippen molar-refractivity contribution < 1.29 is 4.79 Å². The molecule has 0 saturated carbocycles. The van der Waals surface area contributed by atoms with E-state index in [4.69, 9.17) is 16.6 Å². The number of halogens is 1. The average molecular weight is 425 g/mol. The van der Waals surface area contributed by atoms with Gasteiger partial charge in [0.25, 0.3) is 11.5 Å². The second-order valence-electron chi connectivity index (χ2n) is 7.55. The molecule has 1 atom stereocenters. The highest BCUT2D eigenvalue weighted by atomic mass is 35.5. The van der Waals surface area contributed by atoms with Crippen molar-refractivity contribution in [2.75, 3.05) is 26.2 Å². The predicted molar refractivity (Wildman–Crippen MR) is 119 cm³/mol. The number of piperazine rings is 1. The summed E-state index contributed by atoms with van der Waals surface area (Å²) >= 11 is 5.92. The highest BCUT2D eigenvalue weighted by Crippen LogP contribution is 2.22. The SMILES string of the molecule is CCn1c(C(C)N2CCN(C(=O)c3ccc(Cl)cc3)CC2)nc2ccccc2c1=O. The summed E-state index contributed by atoms with van der Waals surface area (Å²) in [5, 5.41) is 1.27. The van der Waals surface area contributed by atoms with Crippen LogP contribution in [0.25, 0.3) is 10.9 Å². The molecular formula is C23H25ClN4O2. The lowest BCUT2D eigenvalue weighted by molar-refractivity contribution is 0.0571. The maximum Gasteiger partial charge on any atom is 0.261 e. The number of carbonyl (C=O) groups is 1. The highest BCUT2D eigenvalue weighted by Gasteiger charge is 2.27. The quantitative estimate of drug-likeness (QED) is 0.642. The van der Waals surface area contributed by atoms with Crippen molar-refractivity contribution in [3.63, 3.8) is 0 Å². The fraction of sp³-hybridized carbons (Fsp3) is 0.348. The molecule has 1 unspecified atom stereocenters. The van der Waals surface area contributed by atoms with E-state index < -0.39 is 0 Å². The van der Waals surface area contributed by atoms with E-state index in [2.05, 4.69) is 11.8 Å². The van der Waals surface area contributed by atoms with E-state index >= 15 is 0 Å². The van der Waals surface area contributed by atoms with Gasteiger partial charge >= 0.3 is 0 Å². The highest BCUT2D eigenvalue weighted by molar-refractivity contribution is 6.30. The molecule has 1 fully saturated rings. The van der Waals surface area contributed by atoms with Crippen molar-refractivity contribution >= 4 is 28.4 Å². The fourth-order valence-corrected chi connectivity index (χ4v) is 4.19. The number of carbonyl (C=O) groups excluding carboxylic acids is 1. The van der Waals surface area contributed by atoms with Gasteiger partial charge in [-0.1, -0.05) is 23.7 Å². The molecule has 0 radical (unpaired) electrons. The van der Waals surface area contributed by atoms with Gasteiger partial charge < -0.3 is 4.90 Å². The third-order valence-corrected chi connectivity index (χ3v) is 6.07. The third kappa shape index (κ3) is 3.85. The third-order valence-electron chi connectivity index (χ3n) is 5.82. The van der Waals surface area contributed by atoms with E-state index in [1.165, 1.54) is 0 Å². The van der Waals surface area contributed by atoms with Crippen molar-refractivity contribution in [3.05, 3.63) is 75.3 Å². The lowest BCUT2D eigenvalue weighted by Crippen LogP contribution is -2.50. The van der Waals surface area contributed by atoms with Crippen LogP contribution in [0.3, 0.4) is 0 Å². The van der Waals surface area contributed by atoms with Crippen LogP contribution in [0.2, 0.25) is 5.02 Å². The first-order valence-corrected chi connectivity index (χ1v) is 10.7. The Hall–Kier alpha value is -2.70. The van der Waals surface area contributed by atoms with E-state index in [1.54, 1.807) is 28.8 Å². The monoisotopic (exact) mass is 424 g/mol. The molecule has 0 aliphatic carbocycles. The summed E-state index contributed by atoms with van der Waals surface area (Å²) in [6.45, 7) is 7.35. The zero-order chi connectivity index (χ0) is 21.3. The summed E-state index contributed by atoms with van der Waals surface area (Å²) < 4.78 is 1.76. The molecule has 0 spiro atoms. The molecule has 156 valence electrons. The van der Waals surface area contributed by atoms with Gasteiger partial charge in [-0.2, -0.15) is 0 Å². The molecule has 6 nitrogen and oxygen atoms in total. The largest absolute Gasteiger partial charge is 0.336 e. The Morgan fingerprint density at radius 3 is 2.40 bits per heavy atom. The van der Waals surface area contributed by atoms with Crippen LogP contribution in [0.1, 0.15) is 36.1 Å². The van der Waals surface area contributed by atoms with Gasteiger partial charge in [-0.05, 0) is 50.2 Å². The molecule has 4 rings (SSSR count). The fourth-order valence-electron chi connectivity index (χ4n) is 4.06. The predicted octanol–water partition coefficient (Wildman–Crippen LogP) is 3.59. The standard InChI is InChI=1S/C23H25ClN4O2/c1-3-28-21(25-20-7-5-4-6-19(20)23(28)30)16(2)26-12-14-27(15-13-26)22(29)17-8-10-18(24)11-9-17/h4-11,16H,3,12-15H2,1-2H3. The lowest BCUT2D eigenvalue weighted by atomic mass is 10.1. The van der Waals surface area contributed by atoms with E-state index in [-0.39, 0.29) is 17.5 Å². The minimum Gasteiger partial charge on any atom is -0.336 e. The first kappa shape index (κ1) is 20.6. The Bertz CT molecular complexity index is 1120.